The van der Waals surface area contributed by atoms with E-state index in [-0.39, 0.29) is 10.6 Å². The van der Waals surface area contributed by atoms with Crippen molar-refractivity contribution >= 4 is 33.0 Å². The lowest BCUT2D eigenvalue weighted by Crippen LogP contribution is -2.37. The topological polar surface area (TPSA) is 141 Å². The van der Waals surface area contributed by atoms with Gasteiger partial charge in [-0.05, 0) is 50.1 Å². The summed E-state index contributed by atoms with van der Waals surface area (Å²) >= 11 is 0. The van der Waals surface area contributed by atoms with Gasteiger partial charge in [0.2, 0.25) is 0 Å². The summed E-state index contributed by atoms with van der Waals surface area (Å²) in [7, 11) is -4.48. The number of non-ortho nitro benzene ring substituents is 2. The van der Waals surface area contributed by atoms with Crippen LogP contribution >= 0.6 is 0 Å². The number of amides is 1. The molecule has 0 unspecified atom stereocenters. The molecule has 3 rings (SSSR count). The average Bonchev–Trinajstić information content (AvgIpc) is 2.76. The molecule has 0 aromatic heterocycles. The van der Waals surface area contributed by atoms with Crippen LogP contribution in [0.15, 0.2) is 65.6 Å². The highest BCUT2D eigenvalue weighted by Gasteiger charge is 2.34. The molecule has 1 amide bonds. The first-order chi connectivity index (χ1) is 15.4. The van der Waals surface area contributed by atoms with E-state index < -0.39 is 42.7 Å². The van der Waals surface area contributed by atoms with E-state index in [1.807, 2.05) is 0 Å². The van der Waals surface area contributed by atoms with Gasteiger partial charge in [-0.25, -0.2) is 8.42 Å². The van der Waals surface area contributed by atoms with E-state index in [1.165, 1.54) is 18.2 Å². The van der Waals surface area contributed by atoms with Gasteiger partial charge in [0.05, 0.1) is 32.1 Å². The normalized spacial score (nSPS) is 11.1. The number of anilines is 1. The molecule has 0 bridgehead atoms. The summed E-state index contributed by atoms with van der Waals surface area (Å²) in [4.78, 5) is 34.2. The Morgan fingerprint density at radius 2 is 1.39 bits per heavy atom. The molecule has 0 aliphatic carbocycles. The molecule has 0 spiro atoms. The third-order valence-corrected chi connectivity index (χ3v) is 6.82. The number of carbonyl (C=O) groups is 1. The lowest BCUT2D eigenvalue weighted by Gasteiger charge is -2.25. The van der Waals surface area contributed by atoms with Crippen LogP contribution in [0.1, 0.15) is 27.0 Å². The van der Waals surface area contributed by atoms with Gasteiger partial charge < -0.3 is 0 Å². The SMILES string of the molecule is Cc1ccc(S(=O)(=O)N(C(=O)c2cc([N+](=O)[O-])cc([N+](=O)[O-])c2)c2cccc(C)c2C)cc1. The average molecular weight is 469 g/mol. The van der Waals surface area contributed by atoms with Crippen molar-refractivity contribution in [3.05, 3.63) is 103 Å². The molecule has 0 saturated heterocycles. The van der Waals surface area contributed by atoms with Gasteiger partial charge in [-0.15, -0.1) is 0 Å². The van der Waals surface area contributed by atoms with Gasteiger partial charge in [0.15, 0.2) is 0 Å². The molecule has 3 aromatic rings. The number of carbonyl (C=O) groups excluding carboxylic acids is 1. The van der Waals surface area contributed by atoms with E-state index in [0.29, 0.717) is 21.5 Å². The van der Waals surface area contributed by atoms with Crippen LogP contribution in [0.25, 0.3) is 0 Å². The largest absolute Gasteiger partial charge is 0.277 e. The molecule has 0 saturated carbocycles. The quantitative estimate of drug-likeness (QED) is 0.383. The van der Waals surface area contributed by atoms with Crippen LogP contribution < -0.4 is 4.31 Å². The maximum Gasteiger partial charge on any atom is 0.277 e. The fourth-order valence-corrected chi connectivity index (χ4v) is 4.64. The van der Waals surface area contributed by atoms with Crippen molar-refractivity contribution in [2.75, 3.05) is 4.31 Å². The van der Waals surface area contributed by atoms with Crippen molar-refractivity contribution in [1.29, 1.82) is 0 Å². The lowest BCUT2D eigenvalue weighted by molar-refractivity contribution is -0.394. The molecule has 3 aromatic carbocycles. The van der Waals surface area contributed by atoms with E-state index in [4.69, 9.17) is 0 Å². The van der Waals surface area contributed by atoms with Gasteiger partial charge in [0, 0.05) is 12.1 Å². The van der Waals surface area contributed by atoms with Gasteiger partial charge in [-0.2, -0.15) is 4.31 Å². The summed E-state index contributed by atoms with van der Waals surface area (Å²) in [6.07, 6.45) is 0. The fraction of sp³-hybridized carbons (Fsp3) is 0.136. The highest BCUT2D eigenvalue weighted by Crippen LogP contribution is 2.32. The Hall–Kier alpha value is -4.12. The second kappa shape index (κ2) is 8.79. The van der Waals surface area contributed by atoms with Crippen LogP contribution in [0.3, 0.4) is 0 Å². The van der Waals surface area contributed by atoms with Crippen LogP contribution in [0, 0.1) is 41.0 Å². The maximum atomic E-state index is 13.6. The molecule has 0 radical (unpaired) electrons. The molecular formula is C22H19N3O7S. The van der Waals surface area contributed by atoms with Gasteiger partial charge in [-0.3, -0.25) is 25.0 Å². The number of hydrogen-bond acceptors (Lipinski definition) is 7. The van der Waals surface area contributed by atoms with E-state index >= 15 is 0 Å². The molecular weight excluding hydrogens is 450 g/mol. The molecule has 0 fully saturated rings. The van der Waals surface area contributed by atoms with E-state index in [0.717, 1.165) is 17.7 Å². The Kier molecular flexibility index (Phi) is 6.27. The lowest BCUT2D eigenvalue weighted by atomic mass is 10.1. The zero-order chi connectivity index (χ0) is 24.5. The minimum absolute atomic E-state index is 0.0368. The Bertz CT molecular complexity index is 1350. The molecule has 0 heterocycles. The van der Waals surface area contributed by atoms with Gasteiger partial charge in [-0.1, -0.05) is 29.8 Å². The highest BCUT2D eigenvalue weighted by molar-refractivity contribution is 7.93. The smallest absolute Gasteiger partial charge is 0.268 e. The predicted molar refractivity (Wildman–Crippen MR) is 121 cm³/mol. The molecule has 0 N–H and O–H groups in total. The fourth-order valence-electron chi connectivity index (χ4n) is 3.17. The number of hydrogen-bond donors (Lipinski definition) is 0. The second-order valence-corrected chi connectivity index (χ2v) is 9.15. The van der Waals surface area contributed by atoms with Crippen LogP contribution in [0.4, 0.5) is 17.1 Å². The summed E-state index contributed by atoms with van der Waals surface area (Å²) in [5.74, 6) is -1.16. The minimum atomic E-state index is -4.48. The third kappa shape index (κ3) is 4.58. The van der Waals surface area contributed by atoms with E-state index in [2.05, 4.69) is 0 Å². The van der Waals surface area contributed by atoms with Crippen molar-refractivity contribution < 1.29 is 23.1 Å². The van der Waals surface area contributed by atoms with Crippen LogP contribution in [-0.2, 0) is 10.0 Å². The van der Waals surface area contributed by atoms with Crippen molar-refractivity contribution in [1.82, 2.24) is 0 Å². The first-order valence-corrected chi connectivity index (χ1v) is 11.0. The zero-order valence-electron chi connectivity index (χ0n) is 17.9. The van der Waals surface area contributed by atoms with Gasteiger partial charge in [0.1, 0.15) is 0 Å². The van der Waals surface area contributed by atoms with Crippen molar-refractivity contribution in [3.8, 4) is 0 Å². The number of nitrogens with zero attached hydrogens (tertiary/aromatic N) is 3. The van der Waals surface area contributed by atoms with E-state index in [1.54, 1.807) is 45.0 Å². The van der Waals surface area contributed by atoms with Crippen molar-refractivity contribution in [2.24, 2.45) is 0 Å². The monoisotopic (exact) mass is 469 g/mol. The van der Waals surface area contributed by atoms with Crippen LogP contribution in [0.2, 0.25) is 0 Å². The summed E-state index contributed by atoms with van der Waals surface area (Å²) in [5, 5.41) is 22.6. The molecule has 170 valence electrons. The summed E-state index contributed by atoms with van der Waals surface area (Å²) in [5.41, 5.74) is 0.105. The summed E-state index contributed by atoms with van der Waals surface area (Å²) < 4.78 is 27.7. The Balaban J connectivity index is 2.30. The molecule has 0 aliphatic heterocycles. The second-order valence-electron chi connectivity index (χ2n) is 7.36. The van der Waals surface area contributed by atoms with E-state index in [9.17, 15) is 33.4 Å². The molecule has 0 atom stereocenters. The Labute approximate surface area is 189 Å². The number of rotatable bonds is 6. The number of aryl methyl sites for hydroxylation is 2. The summed E-state index contributed by atoms with van der Waals surface area (Å²) in [6.45, 7) is 5.13. The van der Waals surface area contributed by atoms with Crippen LogP contribution in [0.5, 0.6) is 0 Å². The van der Waals surface area contributed by atoms with Crippen LogP contribution in [-0.4, -0.2) is 24.2 Å². The molecule has 33 heavy (non-hydrogen) atoms. The number of sulfonamides is 1. The first kappa shape index (κ1) is 23.5. The predicted octanol–water partition coefficient (Wildman–Crippen LogP) is 4.46. The Morgan fingerprint density at radius 3 is 1.91 bits per heavy atom. The molecule has 0 aliphatic rings. The molecule has 11 heteroatoms. The third-order valence-electron chi connectivity index (χ3n) is 5.11. The Morgan fingerprint density at radius 1 is 0.848 bits per heavy atom. The number of benzene rings is 3. The standard InChI is InChI=1S/C22H19N3O7S/c1-14-7-9-20(10-8-14)33(31,32)23(21-6-4-5-15(2)16(21)3)22(26)17-11-18(24(27)28)13-19(12-17)25(29)30/h4-13H,1-3H3. The minimum Gasteiger partial charge on any atom is -0.268 e. The van der Waals surface area contributed by atoms with Gasteiger partial charge in [0.25, 0.3) is 27.3 Å². The maximum absolute atomic E-state index is 13.6. The molecule has 10 nitrogen and oxygen atoms in total. The van der Waals surface area contributed by atoms with Gasteiger partial charge >= 0.3 is 0 Å². The van der Waals surface area contributed by atoms with Crippen molar-refractivity contribution in [2.45, 2.75) is 25.7 Å². The first-order valence-electron chi connectivity index (χ1n) is 9.60. The number of nitro groups is 2. The summed E-state index contributed by atoms with van der Waals surface area (Å²) in [6, 6.07) is 12.9. The number of nitro benzene ring substituents is 2. The van der Waals surface area contributed by atoms with Crippen molar-refractivity contribution in [3.63, 3.8) is 0 Å². The zero-order valence-corrected chi connectivity index (χ0v) is 18.7. The highest BCUT2D eigenvalue weighted by atomic mass is 32.2.